The second kappa shape index (κ2) is 7.26. The molecule has 2 atom stereocenters. The van der Waals surface area contributed by atoms with Crippen LogP contribution in [0.25, 0.3) is 0 Å². The molecule has 120 valence electrons. The fourth-order valence-electron chi connectivity index (χ4n) is 2.58. The molecule has 0 unspecified atom stereocenters. The molecule has 0 aromatic heterocycles. The maximum atomic E-state index is 12.3. The number of carboxylic acid groups (broad SMARTS) is 1. The highest BCUT2D eigenvalue weighted by Gasteiger charge is 2.36. The van der Waals surface area contributed by atoms with E-state index in [1.165, 1.54) is 4.90 Å². The zero-order chi connectivity index (χ0) is 16.1. The van der Waals surface area contributed by atoms with Crippen LogP contribution < -0.4 is 4.74 Å². The highest BCUT2D eigenvalue weighted by Crippen LogP contribution is 2.20. The van der Waals surface area contributed by atoms with E-state index in [1.807, 2.05) is 24.3 Å². The van der Waals surface area contributed by atoms with Gasteiger partial charge in [-0.25, -0.2) is 4.79 Å². The van der Waals surface area contributed by atoms with Crippen molar-refractivity contribution in [1.82, 2.24) is 4.90 Å². The van der Waals surface area contributed by atoms with Crippen LogP contribution in [0, 0.1) is 0 Å². The molecule has 1 fully saturated rings. The first kappa shape index (κ1) is 16.3. The molecule has 6 nitrogen and oxygen atoms in total. The van der Waals surface area contributed by atoms with Crippen LogP contribution in [0.15, 0.2) is 24.3 Å². The van der Waals surface area contributed by atoms with E-state index in [0.29, 0.717) is 19.4 Å². The lowest BCUT2D eigenvalue weighted by molar-refractivity contribution is -0.153. The third-order valence-corrected chi connectivity index (χ3v) is 3.80. The molecule has 0 saturated carbocycles. The van der Waals surface area contributed by atoms with Crippen LogP contribution in [0.4, 0.5) is 0 Å². The topological polar surface area (TPSA) is 76.1 Å². The van der Waals surface area contributed by atoms with Crippen LogP contribution in [-0.2, 0) is 20.9 Å². The van der Waals surface area contributed by atoms with Crippen molar-refractivity contribution in [2.24, 2.45) is 0 Å². The molecule has 1 N–H and O–H groups in total. The summed E-state index contributed by atoms with van der Waals surface area (Å²) in [5.74, 6) is -0.496. The van der Waals surface area contributed by atoms with Crippen LogP contribution in [0.1, 0.15) is 25.3 Å². The number of hydrogen-bond donors (Lipinski definition) is 1. The van der Waals surface area contributed by atoms with Crippen LogP contribution in [-0.4, -0.2) is 47.7 Å². The zero-order valence-electron chi connectivity index (χ0n) is 12.8. The molecule has 1 aliphatic rings. The lowest BCUT2D eigenvalue weighted by Crippen LogP contribution is -2.45. The molecule has 6 heteroatoms. The minimum atomic E-state index is -0.953. The molecule has 0 aliphatic carbocycles. The largest absolute Gasteiger partial charge is 0.497 e. The first-order valence-electron chi connectivity index (χ1n) is 7.30. The second-order valence-electron chi connectivity index (χ2n) is 5.33. The van der Waals surface area contributed by atoms with Gasteiger partial charge in [0.05, 0.1) is 13.7 Å². The Hall–Kier alpha value is -2.08. The van der Waals surface area contributed by atoms with Gasteiger partial charge in [0, 0.05) is 6.54 Å². The molecule has 0 radical (unpaired) electrons. The summed E-state index contributed by atoms with van der Waals surface area (Å²) in [4.78, 5) is 24.9. The Labute approximate surface area is 129 Å². The highest BCUT2D eigenvalue weighted by atomic mass is 16.5. The van der Waals surface area contributed by atoms with Gasteiger partial charge in [-0.3, -0.25) is 4.79 Å². The number of carbonyl (C=O) groups is 2. The van der Waals surface area contributed by atoms with E-state index in [2.05, 4.69) is 0 Å². The van der Waals surface area contributed by atoms with Gasteiger partial charge < -0.3 is 19.5 Å². The summed E-state index contributed by atoms with van der Waals surface area (Å²) in [5, 5.41) is 9.13. The molecule has 1 aromatic rings. The summed E-state index contributed by atoms with van der Waals surface area (Å²) in [6.07, 6.45) is 0.542. The van der Waals surface area contributed by atoms with E-state index in [-0.39, 0.29) is 12.5 Å². The van der Waals surface area contributed by atoms with E-state index in [9.17, 15) is 9.59 Å². The van der Waals surface area contributed by atoms with Crippen molar-refractivity contribution < 1.29 is 24.2 Å². The smallest absolute Gasteiger partial charge is 0.326 e. The number of benzene rings is 1. The number of amides is 1. The molecule has 1 amide bonds. The Bertz CT molecular complexity index is 545. The molecule has 0 bridgehead atoms. The van der Waals surface area contributed by atoms with Crippen molar-refractivity contribution in [3.05, 3.63) is 29.8 Å². The molecule has 1 heterocycles. The summed E-state index contributed by atoms with van der Waals surface area (Å²) < 4.78 is 10.7. The lowest BCUT2D eigenvalue weighted by Gasteiger charge is -2.25. The van der Waals surface area contributed by atoms with Gasteiger partial charge in [-0.2, -0.15) is 0 Å². The average molecular weight is 307 g/mol. The maximum Gasteiger partial charge on any atom is 0.326 e. The van der Waals surface area contributed by atoms with Crippen molar-refractivity contribution in [3.63, 3.8) is 0 Å². The minimum Gasteiger partial charge on any atom is -0.497 e. The van der Waals surface area contributed by atoms with Crippen molar-refractivity contribution in [2.75, 3.05) is 13.7 Å². The molecule has 1 saturated heterocycles. The Balaban J connectivity index is 1.92. The van der Waals surface area contributed by atoms with E-state index >= 15 is 0 Å². The number of carbonyl (C=O) groups excluding carboxylic acids is 1. The highest BCUT2D eigenvalue weighted by molar-refractivity contribution is 5.86. The monoisotopic (exact) mass is 307 g/mol. The minimum absolute atomic E-state index is 0.271. The normalized spacial score (nSPS) is 19.0. The summed E-state index contributed by atoms with van der Waals surface area (Å²) in [6.45, 7) is 2.40. The first-order valence-corrected chi connectivity index (χ1v) is 7.30. The molecule has 0 spiro atoms. The molecular weight excluding hydrogens is 286 g/mol. The number of ether oxygens (including phenoxy) is 2. The van der Waals surface area contributed by atoms with Crippen molar-refractivity contribution in [3.8, 4) is 5.75 Å². The SMILES string of the molecule is COc1cccc(CO[C@@H](C)C(=O)N2CCC[C@@H]2C(=O)O)c1. The van der Waals surface area contributed by atoms with Gasteiger partial charge in [0.2, 0.25) is 0 Å². The van der Waals surface area contributed by atoms with Crippen LogP contribution >= 0.6 is 0 Å². The summed E-state index contributed by atoms with van der Waals surface area (Å²) in [5.41, 5.74) is 0.898. The number of methoxy groups -OCH3 is 1. The number of hydrogen-bond acceptors (Lipinski definition) is 4. The van der Waals surface area contributed by atoms with Gasteiger partial charge in [-0.15, -0.1) is 0 Å². The summed E-state index contributed by atoms with van der Waals surface area (Å²) >= 11 is 0. The Morgan fingerprint density at radius 3 is 2.91 bits per heavy atom. The van der Waals surface area contributed by atoms with Crippen LogP contribution in [0.3, 0.4) is 0 Å². The standard InChI is InChI=1S/C16H21NO5/c1-11(15(18)17-8-4-7-14(17)16(19)20)22-10-12-5-3-6-13(9-12)21-2/h3,5-6,9,11,14H,4,7-8,10H2,1-2H3,(H,19,20)/t11-,14+/m0/s1. The van der Waals surface area contributed by atoms with Crippen molar-refractivity contribution in [1.29, 1.82) is 0 Å². The van der Waals surface area contributed by atoms with E-state index in [0.717, 1.165) is 11.3 Å². The van der Waals surface area contributed by atoms with Crippen molar-refractivity contribution in [2.45, 2.75) is 38.5 Å². The first-order chi connectivity index (χ1) is 10.5. The van der Waals surface area contributed by atoms with E-state index in [1.54, 1.807) is 14.0 Å². The third kappa shape index (κ3) is 3.76. The Morgan fingerprint density at radius 1 is 1.45 bits per heavy atom. The molecular formula is C16H21NO5. The molecule has 1 aliphatic heterocycles. The quantitative estimate of drug-likeness (QED) is 0.865. The number of rotatable bonds is 6. The van der Waals surface area contributed by atoms with E-state index < -0.39 is 18.1 Å². The predicted molar refractivity (Wildman–Crippen MR) is 79.6 cm³/mol. The van der Waals surface area contributed by atoms with E-state index in [4.69, 9.17) is 14.6 Å². The number of aliphatic carboxylic acids is 1. The Kier molecular flexibility index (Phi) is 5.38. The predicted octanol–water partition coefficient (Wildman–Crippen LogP) is 1.68. The van der Waals surface area contributed by atoms with Gasteiger partial charge in [0.15, 0.2) is 0 Å². The molecule has 2 rings (SSSR count). The average Bonchev–Trinajstić information content (AvgIpc) is 3.01. The fourth-order valence-corrected chi connectivity index (χ4v) is 2.58. The van der Waals surface area contributed by atoms with Gasteiger partial charge in [0.25, 0.3) is 5.91 Å². The second-order valence-corrected chi connectivity index (χ2v) is 5.33. The summed E-state index contributed by atoms with van der Waals surface area (Å²) in [7, 11) is 1.59. The number of likely N-dealkylation sites (tertiary alicyclic amines) is 1. The molecule has 22 heavy (non-hydrogen) atoms. The zero-order valence-corrected chi connectivity index (χ0v) is 12.8. The van der Waals surface area contributed by atoms with Crippen LogP contribution in [0.2, 0.25) is 0 Å². The van der Waals surface area contributed by atoms with Gasteiger partial charge in [0.1, 0.15) is 17.9 Å². The van der Waals surface area contributed by atoms with Gasteiger partial charge in [-0.1, -0.05) is 12.1 Å². The number of nitrogens with zero attached hydrogens (tertiary/aromatic N) is 1. The Morgan fingerprint density at radius 2 is 2.23 bits per heavy atom. The summed E-state index contributed by atoms with van der Waals surface area (Å²) in [6, 6.07) is 6.68. The lowest BCUT2D eigenvalue weighted by atomic mass is 10.2. The molecule has 1 aromatic carbocycles. The third-order valence-electron chi connectivity index (χ3n) is 3.80. The van der Waals surface area contributed by atoms with Crippen LogP contribution in [0.5, 0.6) is 5.75 Å². The van der Waals surface area contributed by atoms with Crippen molar-refractivity contribution >= 4 is 11.9 Å². The van der Waals surface area contributed by atoms with Gasteiger partial charge in [-0.05, 0) is 37.5 Å². The fraction of sp³-hybridized carbons (Fsp3) is 0.500. The maximum absolute atomic E-state index is 12.3. The number of carboxylic acids is 1. The van der Waals surface area contributed by atoms with Gasteiger partial charge >= 0.3 is 5.97 Å².